The first kappa shape index (κ1) is 8.21. The Morgan fingerprint density at radius 2 is 2.55 bits per heavy atom. The summed E-state index contributed by atoms with van der Waals surface area (Å²) in [4.78, 5) is 13.2. The predicted molar refractivity (Wildman–Crippen MR) is 45.4 cm³/mol. The van der Waals surface area contributed by atoms with Crippen molar-refractivity contribution in [3.05, 3.63) is 24.3 Å². The van der Waals surface area contributed by atoms with Crippen LogP contribution in [0.2, 0.25) is 0 Å². The average molecular weight is 151 g/mol. The molecule has 0 aromatic carbocycles. The quantitative estimate of drug-likeness (QED) is 0.549. The summed E-state index contributed by atoms with van der Waals surface area (Å²) in [6.07, 6.45) is 4.36. The number of likely N-dealkylation sites (N-methyl/N-ethyl adjacent to an activating group) is 1. The van der Waals surface area contributed by atoms with Gasteiger partial charge in [-0.25, -0.2) is 0 Å². The molecule has 0 bridgehead atoms. The van der Waals surface area contributed by atoms with Crippen LogP contribution in [0.25, 0.3) is 0 Å². The Kier molecular flexibility index (Phi) is 2.60. The molecule has 0 aromatic heterocycles. The zero-order valence-corrected chi connectivity index (χ0v) is 6.84. The van der Waals surface area contributed by atoms with Gasteiger partial charge in [0, 0.05) is 18.7 Å². The molecule has 0 radical (unpaired) electrons. The van der Waals surface area contributed by atoms with Crippen molar-refractivity contribution < 1.29 is 4.79 Å². The van der Waals surface area contributed by atoms with Crippen LogP contribution in [0.4, 0.5) is 0 Å². The van der Waals surface area contributed by atoms with E-state index in [1.165, 1.54) is 6.08 Å². The molecule has 0 fully saturated rings. The van der Waals surface area contributed by atoms with Gasteiger partial charge in [-0.1, -0.05) is 12.7 Å². The van der Waals surface area contributed by atoms with Crippen LogP contribution in [-0.2, 0) is 4.79 Å². The number of allylic oxidation sites excluding steroid dienone is 1. The molecule has 1 heterocycles. The zero-order chi connectivity index (χ0) is 8.27. The lowest BCUT2D eigenvalue weighted by atomic mass is 10.1. The van der Waals surface area contributed by atoms with Gasteiger partial charge >= 0.3 is 0 Å². The van der Waals surface area contributed by atoms with Crippen LogP contribution in [0.5, 0.6) is 0 Å². The van der Waals surface area contributed by atoms with E-state index in [0.29, 0.717) is 0 Å². The molecule has 60 valence electrons. The maximum atomic E-state index is 11.1. The molecule has 2 nitrogen and oxygen atoms in total. The molecule has 0 saturated carbocycles. The van der Waals surface area contributed by atoms with Crippen molar-refractivity contribution in [2.45, 2.75) is 6.42 Å². The highest BCUT2D eigenvalue weighted by Gasteiger charge is 2.11. The minimum Gasteiger partial charge on any atom is -0.302 e. The van der Waals surface area contributed by atoms with E-state index in [9.17, 15) is 4.79 Å². The number of hydrogen-bond donors (Lipinski definition) is 0. The first-order valence-electron chi connectivity index (χ1n) is 3.78. The molecule has 0 aromatic rings. The highest BCUT2D eigenvalue weighted by atomic mass is 16.1. The molecule has 1 aliphatic heterocycles. The average Bonchev–Trinajstić information content (AvgIpc) is 2.03. The number of carbonyl (C=O) groups excluding carboxylic acids is 1. The van der Waals surface area contributed by atoms with E-state index >= 15 is 0 Å². The molecule has 0 N–H and O–H groups in total. The molecular weight excluding hydrogens is 138 g/mol. The lowest BCUT2D eigenvalue weighted by Gasteiger charge is -2.21. The molecule has 0 aliphatic carbocycles. The Hall–Kier alpha value is -0.890. The molecule has 1 rings (SSSR count). The molecule has 0 spiro atoms. The van der Waals surface area contributed by atoms with Gasteiger partial charge in [-0.15, -0.1) is 0 Å². The van der Waals surface area contributed by atoms with E-state index in [0.717, 1.165) is 25.1 Å². The van der Waals surface area contributed by atoms with Crippen molar-refractivity contribution in [2.24, 2.45) is 0 Å². The Labute approximate surface area is 67.2 Å². The van der Waals surface area contributed by atoms with Gasteiger partial charge in [0.05, 0.1) is 0 Å². The second-order valence-electron chi connectivity index (χ2n) is 2.82. The van der Waals surface area contributed by atoms with Gasteiger partial charge in [-0.05, 0) is 19.5 Å². The van der Waals surface area contributed by atoms with Gasteiger partial charge in [0.15, 0.2) is 5.78 Å². The summed E-state index contributed by atoms with van der Waals surface area (Å²) in [6, 6.07) is 0. The minimum atomic E-state index is 0.0663. The normalized spacial score (nSPS) is 19.2. The van der Waals surface area contributed by atoms with Crippen LogP contribution in [0.15, 0.2) is 24.3 Å². The van der Waals surface area contributed by atoms with Crippen molar-refractivity contribution in [2.75, 3.05) is 20.1 Å². The molecule has 0 saturated heterocycles. The molecule has 0 amide bonds. The second kappa shape index (κ2) is 3.49. The van der Waals surface area contributed by atoms with Crippen LogP contribution in [-0.4, -0.2) is 30.8 Å². The van der Waals surface area contributed by atoms with Crippen LogP contribution in [0.1, 0.15) is 6.42 Å². The lowest BCUT2D eigenvalue weighted by Crippen LogP contribution is -2.27. The molecule has 0 unspecified atom stereocenters. The lowest BCUT2D eigenvalue weighted by molar-refractivity contribution is -0.111. The monoisotopic (exact) mass is 151 g/mol. The number of carbonyl (C=O) groups is 1. The van der Waals surface area contributed by atoms with Crippen molar-refractivity contribution in [1.29, 1.82) is 0 Å². The number of ketones is 1. The molecular formula is C9H13NO. The van der Waals surface area contributed by atoms with Gasteiger partial charge < -0.3 is 4.90 Å². The number of nitrogens with zero attached hydrogens (tertiary/aromatic N) is 1. The Morgan fingerprint density at radius 1 is 1.82 bits per heavy atom. The van der Waals surface area contributed by atoms with Crippen molar-refractivity contribution in [1.82, 2.24) is 4.90 Å². The first-order valence-corrected chi connectivity index (χ1v) is 3.78. The van der Waals surface area contributed by atoms with Crippen LogP contribution < -0.4 is 0 Å². The Balaban J connectivity index is 2.64. The summed E-state index contributed by atoms with van der Waals surface area (Å²) in [6.45, 7) is 5.27. The summed E-state index contributed by atoms with van der Waals surface area (Å²) < 4.78 is 0. The van der Waals surface area contributed by atoms with Crippen molar-refractivity contribution in [3.63, 3.8) is 0 Å². The first-order chi connectivity index (χ1) is 5.24. The standard InChI is InChI=1S/C9H13NO/c1-3-9(11)8-5-4-6-10(2)7-8/h3,5H,1,4,6-7H2,2H3. The Bertz CT molecular complexity index is 206. The molecule has 11 heavy (non-hydrogen) atoms. The van der Waals surface area contributed by atoms with E-state index in [1.54, 1.807) is 0 Å². The van der Waals surface area contributed by atoms with Crippen molar-refractivity contribution in [3.8, 4) is 0 Å². The van der Waals surface area contributed by atoms with Gasteiger partial charge in [0.2, 0.25) is 0 Å². The third-order valence-electron chi connectivity index (χ3n) is 1.84. The van der Waals surface area contributed by atoms with Gasteiger partial charge in [0.1, 0.15) is 0 Å². The molecule has 2 heteroatoms. The number of hydrogen-bond acceptors (Lipinski definition) is 2. The van der Waals surface area contributed by atoms with E-state index < -0.39 is 0 Å². The van der Waals surface area contributed by atoms with Crippen LogP contribution in [0, 0.1) is 0 Å². The van der Waals surface area contributed by atoms with E-state index in [2.05, 4.69) is 11.5 Å². The highest BCUT2D eigenvalue weighted by molar-refractivity contribution is 6.03. The summed E-state index contributed by atoms with van der Waals surface area (Å²) in [5.41, 5.74) is 0.883. The van der Waals surface area contributed by atoms with E-state index in [4.69, 9.17) is 0 Å². The van der Waals surface area contributed by atoms with E-state index in [1.807, 2.05) is 13.1 Å². The van der Waals surface area contributed by atoms with E-state index in [-0.39, 0.29) is 5.78 Å². The fraction of sp³-hybridized carbons (Fsp3) is 0.444. The maximum absolute atomic E-state index is 11.1. The third-order valence-corrected chi connectivity index (χ3v) is 1.84. The van der Waals surface area contributed by atoms with Crippen molar-refractivity contribution >= 4 is 5.78 Å². The summed E-state index contributed by atoms with van der Waals surface area (Å²) in [7, 11) is 2.02. The fourth-order valence-corrected chi connectivity index (χ4v) is 1.20. The topological polar surface area (TPSA) is 20.3 Å². The predicted octanol–water partition coefficient (Wildman–Crippen LogP) is 1.00. The smallest absolute Gasteiger partial charge is 0.182 e. The van der Waals surface area contributed by atoms with Crippen LogP contribution >= 0.6 is 0 Å². The highest BCUT2D eigenvalue weighted by Crippen LogP contribution is 2.08. The number of rotatable bonds is 2. The SMILES string of the molecule is C=CC(=O)C1=CCCN(C)C1. The van der Waals surface area contributed by atoms with Gasteiger partial charge in [-0.3, -0.25) is 4.79 Å². The third kappa shape index (κ3) is 2.02. The molecule has 0 atom stereocenters. The zero-order valence-electron chi connectivity index (χ0n) is 6.84. The largest absolute Gasteiger partial charge is 0.302 e. The Morgan fingerprint density at radius 3 is 3.09 bits per heavy atom. The fourth-order valence-electron chi connectivity index (χ4n) is 1.20. The second-order valence-corrected chi connectivity index (χ2v) is 2.82. The summed E-state index contributed by atoms with van der Waals surface area (Å²) >= 11 is 0. The molecule has 1 aliphatic rings. The van der Waals surface area contributed by atoms with Gasteiger partial charge in [-0.2, -0.15) is 0 Å². The summed E-state index contributed by atoms with van der Waals surface area (Å²) in [5.74, 6) is 0.0663. The van der Waals surface area contributed by atoms with Gasteiger partial charge in [0.25, 0.3) is 0 Å². The minimum absolute atomic E-state index is 0.0663. The van der Waals surface area contributed by atoms with Crippen LogP contribution in [0.3, 0.4) is 0 Å². The maximum Gasteiger partial charge on any atom is 0.182 e. The summed E-state index contributed by atoms with van der Waals surface area (Å²) in [5, 5.41) is 0.